The van der Waals surface area contributed by atoms with E-state index in [2.05, 4.69) is 0 Å². The monoisotopic (exact) mass is 278 g/mol. The van der Waals surface area contributed by atoms with E-state index in [0.717, 1.165) is 5.56 Å². The molecule has 2 N–H and O–H groups in total. The summed E-state index contributed by atoms with van der Waals surface area (Å²) < 4.78 is 5.18. The number of anilines is 1. The maximum Gasteiger partial charge on any atom is 0.313 e. The summed E-state index contributed by atoms with van der Waals surface area (Å²) in [5.74, 6) is -0.624. The maximum absolute atomic E-state index is 11.9. The molecule has 1 unspecified atom stereocenters. The van der Waals surface area contributed by atoms with Gasteiger partial charge in [0.05, 0.1) is 12.5 Å². The van der Waals surface area contributed by atoms with Gasteiger partial charge in [-0.1, -0.05) is 12.1 Å². The number of esters is 1. The second-order valence-corrected chi connectivity index (χ2v) is 4.95. The summed E-state index contributed by atoms with van der Waals surface area (Å²) in [5.41, 5.74) is 7.14. The molecule has 5 heteroatoms. The van der Waals surface area contributed by atoms with E-state index in [1.807, 2.05) is 12.1 Å². The van der Waals surface area contributed by atoms with Gasteiger partial charge in [0, 0.05) is 26.2 Å². The van der Waals surface area contributed by atoms with E-state index >= 15 is 0 Å². The minimum Gasteiger partial charge on any atom is -0.465 e. The quantitative estimate of drug-likeness (QED) is 0.489. The zero-order chi connectivity index (χ0) is 15.1. The van der Waals surface area contributed by atoms with Crippen LogP contribution in [-0.2, 0) is 14.3 Å². The molecule has 1 amide bonds. The lowest BCUT2D eigenvalue weighted by molar-refractivity contribution is -0.145. The number of carbonyl (C=O) groups excluding carboxylic acids is 2. The van der Waals surface area contributed by atoms with E-state index in [0.29, 0.717) is 18.5 Å². The molecule has 110 valence electrons. The lowest BCUT2D eigenvalue weighted by Crippen LogP contribution is -2.22. The highest BCUT2D eigenvalue weighted by atomic mass is 16.5. The number of nitrogen functional groups attached to an aromatic ring is 1. The SMILES string of the molecule is CC(C(=O)OCCCC(=O)N(C)C)c1cccc(N)c1. The van der Waals surface area contributed by atoms with Crippen molar-refractivity contribution in [3.05, 3.63) is 29.8 Å². The van der Waals surface area contributed by atoms with Gasteiger partial charge in [-0.3, -0.25) is 9.59 Å². The number of ether oxygens (including phenoxy) is 1. The first-order valence-corrected chi connectivity index (χ1v) is 6.64. The molecular formula is C15H22N2O3. The summed E-state index contributed by atoms with van der Waals surface area (Å²) >= 11 is 0. The van der Waals surface area contributed by atoms with Crippen molar-refractivity contribution in [3.63, 3.8) is 0 Å². The molecule has 1 rings (SSSR count). The van der Waals surface area contributed by atoms with Crippen LogP contribution in [0.1, 0.15) is 31.2 Å². The van der Waals surface area contributed by atoms with Gasteiger partial charge in [-0.25, -0.2) is 0 Å². The number of hydrogen-bond acceptors (Lipinski definition) is 4. The van der Waals surface area contributed by atoms with Crippen molar-refractivity contribution in [1.29, 1.82) is 0 Å². The first kappa shape index (κ1) is 16.0. The lowest BCUT2D eigenvalue weighted by atomic mass is 10.0. The molecule has 0 aliphatic carbocycles. The molecular weight excluding hydrogens is 256 g/mol. The summed E-state index contributed by atoms with van der Waals surface area (Å²) in [6.45, 7) is 2.03. The Hall–Kier alpha value is -2.04. The summed E-state index contributed by atoms with van der Waals surface area (Å²) in [6, 6.07) is 7.19. The molecule has 5 nitrogen and oxygen atoms in total. The van der Waals surface area contributed by atoms with Crippen molar-refractivity contribution >= 4 is 17.6 Å². The Morgan fingerprint density at radius 2 is 2.05 bits per heavy atom. The second-order valence-electron chi connectivity index (χ2n) is 4.95. The zero-order valence-electron chi connectivity index (χ0n) is 12.3. The molecule has 1 atom stereocenters. The van der Waals surface area contributed by atoms with E-state index in [1.54, 1.807) is 33.2 Å². The predicted molar refractivity (Wildman–Crippen MR) is 78.2 cm³/mol. The number of amides is 1. The van der Waals surface area contributed by atoms with Crippen LogP contribution in [0.25, 0.3) is 0 Å². The molecule has 0 fully saturated rings. The van der Waals surface area contributed by atoms with Gasteiger partial charge in [0.1, 0.15) is 0 Å². The Labute approximate surface area is 119 Å². The molecule has 0 saturated carbocycles. The third-order valence-electron chi connectivity index (χ3n) is 3.04. The van der Waals surface area contributed by atoms with Crippen molar-refractivity contribution in [2.24, 2.45) is 0 Å². The van der Waals surface area contributed by atoms with Crippen molar-refractivity contribution in [3.8, 4) is 0 Å². The van der Waals surface area contributed by atoms with Crippen LogP contribution in [0.3, 0.4) is 0 Å². The van der Waals surface area contributed by atoms with Crippen molar-refractivity contribution in [1.82, 2.24) is 4.90 Å². The van der Waals surface area contributed by atoms with Crippen LogP contribution >= 0.6 is 0 Å². The van der Waals surface area contributed by atoms with Gasteiger partial charge in [-0.05, 0) is 31.0 Å². The predicted octanol–water partition coefficient (Wildman–Crippen LogP) is 1.78. The molecule has 1 aromatic carbocycles. The fourth-order valence-electron chi connectivity index (χ4n) is 1.71. The molecule has 0 aliphatic heterocycles. The molecule has 0 spiro atoms. The Balaban J connectivity index is 2.38. The highest BCUT2D eigenvalue weighted by molar-refractivity contribution is 5.78. The molecule has 1 aromatic rings. The van der Waals surface area contributed by atoms with Crippen molar-refractivity contribution in [2.75, 3.05) is 26.4 Å². The number of carbonyl (C=O) groups is 2. The molecule has 20 heavy (non-hydrogen) atoms. The second kappa shape index (κ2) is 7.53. The summed E-state index contributed by atoms with van der Waals surface area (Å²) in [7, 11) is 3.41. The topological polar surface area (TPSA) is 72.6 Å². The van der Waals surface area contributed by atoms with Crippen LogP contribution in [0.5, 0.6) is 0 Å². The minimum absolute atomic E-state index is 0.0323. The molecule has 0 aliphatic rings. The minimum atomic E-state index is -0.358. The van der Waals surface area contributed by atoms with Crippen LogP contribution in [0.2, 0.25) is 0 Å². The lowest BCUT2D eigenvalue weighted by Gasteiger charge is -2.13. The smallest absolute Gasteiger partial charge is 0.313 e. The first-order chi connectivity index (χ1) is 9.41. The van der Waals surface area contributed by atoms with Crippen molar-refractivity contribution < 1.29 is 14.3 Å². The molecule has 0 aromatic heterocycles. The Kier molecular flexibility index (Phi) is 6.03. The third-order valence-corrected chi connectivity index (χ3v) is 3.04. The highest BCUT2D eigenvalue weighted by Gasteiger charge is 2.17. The van der Waals surface area contributed by atoms with Gasteiger partial charge >= 0.3 is 5.97 Å². The van der Waals surface area contributed by atoms with Crippen molar-refractivity contribution in [2.45, 2.75) is 25.7 Å². The highest BCUT2D eigenvalue weighted by Crippen LogP contribution is 2.19. The van der Waals surface area contributed by atoms with Crippen LogP contribution in [0.4, 0.5) is 5.69 Å². The molecule has 0 radical (unpaired) electrons. The average Bonchev–Trinajstić information content (AvgIpc) is 2.42. The molecule has 0 bridgehead atoms. The Morgan fingerprint density at radius 1 is 1.35 bits per heavy atom. The van der Waals surface area contributed by atoms with Gasteiger partial charge in [0.15, 0.2) is 0 Å². The largest absolute Gasteiger partial charge is 0.465 e. The Morgan fingerprint density at radius 3 is 2.65 bits per heavy atom. The first-order valence-electron chi connectivity index (χ1n) is 6.64. The van der Waals surface area contributed by atoms with Gasteiger partial charge in [0.2, 0.25) is 5.91 Å². The van der Waals surface area contributed by atoms with Crippen LogP contribution in [-0.4, -0.2) is 37.5 Å². The van der Waals surface area contributed by atoms with Gasteiger partial charge < -0.3 is 15.4 Å². The van der Waals surface area contributed by atoms with Gasteiger partial charge in [-0.15, -0.1) is 0 Å². The maximum atomic E-state index is 11.9. The van der Waals surface area contributed by atoms with Gasteiger partial charge in [0.25, 0.3) is 0 Å². The fraction of sp³-hybridized carbons (Fsp3) is 0.467. The summed E-state index contributed by atoms with van der Waals surface area (Å²) in [6.07, 6.45) is 0.916. The van der Waals surface area contributed by atoms with E-state index < -0.39 is 0 Å². The summed E-state index contributed by atoms with van der Waals surface area (Å²) in [5, 5.41) is 0. The number of rotatable bonds is 6. The number of hydrogen-bond donors (Lipinski definition) is 1. The van der Waals surface area contributed by atoms with E-state index in [-0.39, 0.29) is 24.4 Å². The third kappa shape index (κ3) is 4.91. The summed E-state index contributed by atoms with van der Waals surface area (Å²) in [4.78, 5) is 24.8. The standard InChI is InChI=1S/C15H22N2O3/c1-11(12-6-4-7-13(16)10-12)15(19)20-9-5-8-14(18)17(2)3/h4,6-7,10-11H,5,8-9,16H2,1-3H3. The van der Waals surface area contributed by atoms with E-state index in [4.69, 9.17) is 10.5 Å². The normalized spacial score (nSPS) is 11.8. The fourth-order valence-corrected chi connectivity index (χ4v) is 1.71. The Bertz CT molecular complexity index is 472. The van der Waals surface area contributed by atoms with E-state index in [9.17, 15) is 9.59 Å². The number of nitrogens with zero attached hydrogens (tertiary/aromatic N) is 1. The number of benzene rings is 1. The molecule has 0 heterocycles. The van der Waals surface area contributed by atoms with Crippen LogP contribution in [0, 0.1) is 0 Å². The van der Waals surface area contributed by atoms with Gasteiger partial charge in [-0.2, -0.15) is 0 Å². The van der Waals surface area contributed by atoms with E-state index in [1.165, 1.54) is 4.90 Å². The number of nitrogens with two attached hydrogens (primary N) is 1. The average molecular weight is 278 g/mol. The van der Waals surface area contributed by atoms with Crippen LogP contribution in [0.15, 0.2) is 24.3 Å². The molecule has 0 saturated heterocycles. The van der Waals surface area contributed by atoms with Crippen LogP contribution < -0.4 is 5.73 Å². The zero-order valence-corrected chi connectivity index (χ0v) is 12.3.